The number of hydrogen-bond donors (Lipinski definition) is 1. The van der Waals surface area contributed by atoms with Gasteiger partial charge in [-0.05, 0) is 30.9 Å². The van der Waals surface area contributed by atoms with Crippen molar-refractivity contribution in [2.75, 3.05) is 49.9 Å². The highest BCUT2D eigenvalue weighted by atomic mass is 32.2. The number of nitrogen functional groups attached to an aromatic ring is 1. The molecule has 146 valence electrons. The van der Waals surface area contributed by atoms with Crippen molar-refractivity contribution in [1.29, 1.82) is 0 Å². The quantitative estimate of drug-likeness (QED) is 0.861. The van der Waals surface area contributed by atoms with Crippen LogP contribution >= 0.6 is 0 Å². The Morgan fingerprint density at radius 3 is 2.23 bits per heavy atom. The van der Waals surface area contributed by atoms with Crippen molar-refractivity contribution in [3.63, 3.8) is 0 Å². The lowest BCUT2D eigenvalue weighted by molar-refractivity contribution is 0.270. The topological polar surface area (TPSA) is 82.8 Å². The van der Waals surface area contributed by atoms with E-state index in [1.165, 1.54) is 0 Å². The van der Waals surface area contributed by atoms with E-state index in [0.717, 1.165) is 43.4 Å². The number of hydrogen-bond acceptors (Lipinski definition) is 5. The molecule has 0 bridgehead atoms. The van der Waals surface area contributed by atoms with Crippen LogP contribution in [-0.2, 0) is 10.2 Å². The largest absolute Gasteiger partial charge is 0.396 e. The van der Waals surface area contributed by atoms with Gasteiger partial charge in [0.2, 0.25) is 0 Å². The molecule has 8 heteroatoms. The summed E-state index contributed by atoms with van der Waals surface area (Å²) >= 11 is 0. The summed E-state index contributed by atoms with van der Waals surface area (Å²) in [5.74, 6) is 1.66. The molecule has 3 rings (SSSR count). The smallest absolute Gasteiger partial charge is 0.281 e. The van der Waals surface area contributed by atoms with Crippen LogP contribution in [0.5, 0.6) is 0 Å². The molecule has 7 nitrogen and oxygen atoms in total. The molecule has 26 heavy (non-hydrogen) atoms. The van der Waals surface area contributed by atoms with E-state index in [9.17, 15) is 8.42 Å². The average molecular weight is 382 g/mol. The van der Waals surface area contributed by atoms with Crippen molar-refractivity contribution >= 4 is 21.7 Å². The molecule has 0 atom stereocenters. The van der Waals surface area contributed by atoms with Crippen LogP contribution in [0.2, 0.25) is 0 Å². The highest BCUT2D eigenvalue weighted by Crippen LogP contribution is 2.31. The second-order valence-electron chi connectivity index (χ2n) is 7.42. The molecule has 2 N–H and O–H groups in total. The second-order valence-corrected chi connectivity index (χ2v) is 9.35. The third-order valence-electron chi connectivity index (χ3n) is 5.63. The summed E-state index contributed by atoms with van der Waals surface area (Å²) in [6, 6.07) is 3.88. The zero-order chi connectivity index (χ0) is 18.9. The first kappa shape index (κ1) is 19.4. The molecule has 2 fully saturated rings. The van der Waals surface area contributed by atoms with E-state index in [4.69, 9.17) is 10.7 Å². The Kier molecular flexibility index (Phi) is 5.74. The molecule has 2 aliphatic heterocycles. The number of aromatic nitrogens is 1. The number of nitrogens with two attached hydrogens (primary N) is 1. The molecule has 0 unspecified atom stereocenters. The van der Waals surface area contributed by atoms with E-state index in [0.29, 0.717) is 31.9 Å². The number of rotatable bonds is 4. The fourth-order valence-electron chi connectivity index (χ4n) is 3.85. The lowest BCUT2D eigenvalue weighted by atomic mass is 9.99. The molecule has 0 radical (unpaired) electrons. The molecule has 2 saturated heterocycles. The first-order valence-corrected chi connectivity index (χ1v) is 11.0. The number of pyridine rings is 1. The van der Waals surface area contributed by atoms with E-state index >= 15 is 0 Å². The monoisotopic (exact) mass is 381 g/mol. The van der Waals surface area contributed by atoms with E-state index < -0.39 is 10.2 Å². The van der Waals surface area contributed by atoms with Gasteiger partial charge in [0, 0.05) is 50.9 Å². The van der Waals surface area contributed by atoms with Crippen molar-refractivity contribution in [3.05, 3.63) is 17.8 Å². The maximum Gasteiger partial charge on any atom is 0.281 e. The molecule has 2 aliphatic rings. The van der Waals surface area contributed by atoms with Crippen LogP contribution in [0.3, 0.4) is 0 Å². The molecule has 1 aromatic rings. The summed E-state index contributed by atoms with van der Waals surface area (Å²) in [5.41, 5.74) is 7.84. The second kappa shape index (κ2) is 7.70. The van der Waals surface area contributed by atoms with E-state index in [2.05, 4.69) is 11.8 Å². The Hall–Kier alpha value is -1.38. The van der Waals surface area contributed by atoms with Crippen LogP contribution in [0.4, 0.5) is 11.5 Å². The van der Waals surface area contributed by atoms with Crippen LogP contribution in [-0.4, -0.2) is 61.3 Å². The molecular formula is C18H31N5O2S. The van der Waals surface area contributed by atoms with Gasteiger partial charge in [0.1, 0.15) is 0 Å². The number of piperidine rings is 1. The Morgan fingerprint density at radius 2 is 1.69 bits per heavy atom. The third kappa shape index (κ3) is 3.68. The van der Waals surface area contributed by atoms with Crippen molar-refractivity contribution in [3.8, 4) is 0 Å². The van der Waals surface area contributed by atoms with Gasteiger partial charge in [0.15, 0.2) is 5.82 Å². The SMILES string of the molecule is CCN1CC(c2ccc(N)c(N3CCC(C)CC3)n2)CN(CC)S1(=O)=O. The summed E-state index contributed by atoms with van der Waals surface area (Å²) in [6.45, 7) is 9.89. The Balaban J connectivity index is 1.86. The number of likely N-dealkylation sites (N-methyl/N-ethyl adjacent to an activating group) is 2. The Bertz CT molecular complexity index is 711. The summed E-state index contributed by atoms with van der Waals surface area (Å²) in [4.78, 5) is 7.15. The highest BCUT2D eigenvalue weighted by Gasteiger charge is 2.37. The molecule has 0 aliphatic carbocycles. The van der Waals surface area contributed by atoms with Crippen LogP contribution in [0.15, 0.2) is 12.1 Å². The van der Waals surface area contributed by atoms with Gasteiger partial charge in [-0.3, -0.25) is 0 Å². The minimum absolute atomic E-state index is 0.0569. The van der Waals surface area contributed by atoms with E-state index in [1.807, 2.05) is 26.0 Å². The van der Waals surface area contributed by atoms with Gasteiger partial charge in [0.05, 0.1) is 5.69 Å². The minimum atomic E-state index is -3.35. The van der Waals surface area contributed by atoms with Crippen molar-refractivity contribution < 1.29 is 8.42 Å². The zero-order valence-electron chi connectivity index (χ0n) is 16.1. The highest BCUT2D eigenvalue weighted by molar-refractivity contribution is 7.86. The lowest BCUT2D eigenvalue weighted by Gasteiger charge is -2.38. The molecule has 1 aromatic heterocycles. The molecule has 3 heterocycles. The summed E-state index contributed by atoms with van der Waals surface area (Å²) in [5, 5.41) is 0. The van der Waals surface area contributed by atoms with Crippen molar-refractivity contribution in [2.24, 2.45) is 5.92 Å². The van der Waals surface area contributed by atoms with Crippen LogP contribution in [0.1, 0.15) is 45.2 Å². The normalized spacial score (nSPS) is 23.4. The number of nitrogens with zero attached hydrogens (tertiary/aromatic N) is 4. The van der Waals surface area contributed by atoms with Crippen LogP contribution < -0.4 is 10.6 Å². The summed E-state index contributed by atoms with van der Waals surface area (Å²) < 4.78 is 28.2. The Morgan fingerprint density at radius 1 is 1.12 bits per heavy atom. The predicted octanol–water partition coefficient (Wildman–Crippen LogP) is 1.89. The maximum absolute atomic E-state index is 12.6. The zero-order valence-corrected chi connectivity index (χ0v) is 16.9. The molecule has 0 spiro atoms. The standard InChI is InChI=1S/C18H31N5O2S/c1-4-22-12-15(13-23(5-2)26(22,24)25)17-7-6-16(19)18(20-17)21-10-8-14(3)9-11-21/h6-7,14-15H,4-5,8-13,19H2,1-3H3. The van der Waals surface area contributed by atoms with Crippen molar-refractivity contribution in [1.82, 2.24) is 13.6 Å². The lowest BCUT2D eigenvalue weighted by Crippen LogP contribution is -2.52. The fraction of sp³-hybridized carbons (Fsp3) is 0.722. The van der Waals surface area contributed by atoms with Gasteiger partial charge in [-0.15, -0.1) is 0 Å². The summed E-state index contributed by atoms with van der Waals surface area (Å²) in [6.07, 6.45) is 2.31. The van der Waals surface area contributed by atoms with Crippen LogP contribution in [0.25, 0.3) is 0 Å². The van der Waals surface area contributed by atoms with Gasteiger partial charge in [-0.2, -0.15) is 17.0 Å². The van der Waals surface area contributed by atoms with E-state index in [-0.39, 0.29) is 5.92 Å². The van der Waals surface area contributed by atoms with Gasteiger partial charge in [-0.1, -0.05) is 20.8 Å². The van der Waals surface area contributed by atoms with E-state index in [1.54, 1.807) is 8.61 Å². The van der Waals surface area contributed by atoms with Gasteiger partial charge in [0.25, 0.3) is 10.2 Å². The minimum Gasteiger partial charge on any atom is -0.396 e. The summed E-state index contributed by atoms with van der Waals surface area (Å²) in [7, 11) is -3.35. The Labute approximate surface area is 157 Å². The van der Waals surface area contributed by atoms with Gasteiger partial charge in [-0.25, -0.2) is 4.98 Å². The van der Waals surface area contributed by atoms with Crippen LogP contribution in [0, 0.1) is 5.92 Å². The molecule has 0 amide bonds. The molecule has 0 saturated carbocycles. The fourth-order valence-corrected chi connectivity index (χ4v) is 5.56. The molecular weight excluding hydrogens is 350 g/mol. The number of anilines is 2. The van der Waals surface area contributed by atoms with Gasteiger partial charge >= 0.3 is 0 Å². The van der Waals surface area contributed by atoms with Crippen molar-refractivity contribution in [2.45, 2.75) is 39.5 Å². The van der Waals surface area contributed by atoms with Gasteiger partial charge < -0.3 is 10.6 Å². The average Bonchev–Trinajstić information content (AvgIpc) is 2.63. The maximum atomic E-state index is 12.6. The first-order chi connectivity index (χ1) is 12.4. The first-order valence-electron chi connectivity index (χ1n) is 9.63. The third-order valence-corrected chi connectivity index (χ3v) is 7.75. The predicted molar refractivity (Wildman–Crippen MR) is 105 cm³/mol. The molecule has 0 aromatic carbocycles.